The smallest absolute Gasteiger partial charge is 0.335 e. The maximum absolute atomic E-state index is 12.3. The van der Waals surface area contributed by atoms with Gasteiger partial charge in [0, 0.05) is 18.3 Å². The molecule has 0 heterocycles. The molecular weight excluding hydrogens is 270 g/mol. The Morgan fingerprint density at radius 1 is 0.952 bits per heavy atom. The minimum Gasteiger partial charge on any atom is -0.497 e. The van der Waals surface area contributed by atoms with E-state index in [-0.39, 0.29) is 11.5 Å². The number of carbonyl (C=O) groups is 2. The van der Waals surface area contributed by atoms with E-state index in [4.69, 9.17) is 9.84 Å². The molecule has 0 fully saturated rings. The molecule has 0 saturated heterocycles. The summed E-state index contributed by atoms with van der Waals surface area (Å²) in [6.45, 7) is 0. The molecule has 0 aromatic heterocycles. The second-order valence-corrected chi connectivity index (χ2v) is 4.44. The Labute approximate surface area is 122 Å². The Balaban J connectivity index is 2.19. The van der Waals surface area contributed by atoms with Crippen LogP contribution in [0.2, 0.25) is 0 Å². The van der Waals surface area contributed by atoms with Gasteiger partial charge in [0.1, 0.15) is 5.75 Å². The van der Waals surface area contributed by atoms with Crippen molar-refractivity contribution in [2.75, 3.05) is 19.1 Å². The second kappa shape index (κ2) is 6.09. The SMILES string of the molecule is COc1ccc(C(=O)N(C)c2ccc(C(=O)O)cc2)cc1. The Bertz CT molecular complexity index is 647. The molecule has 5 heteroatoms. The van der Waals surface area contributed by atoms with Crippen molar-refractivity contribution in [1.82, 2.24) is 0 Å². The molecule has 0 aliphatic rings. The minimum absolute atomic E-state index is 0.180. The van der Waals surface area contributed by atoms with Gasteiger partial charge in [-0.15, -0.1) is 0 Å². The third kappa shape index (κ3) is 3.20. The molecule has 0 aliphatic carbocycles. The first-order valence-corrected chi connectivity index (χ1v) is 6.28. The molecule has 2 rings (SSSR count). The molecule has 2 aromatic rings. The van der Waals surface area contributed by atoms with Crippen molar-refractivity contribution in [2.24, 2.45) is 0 Å². The van der Waals surface area contributed by atoms with Crippen LogP contribution < -0.4 is 9.64 Å². The lowest BCUT2D eigenvalue weighted by molar-refractivity contribution is 0.0696. The summed E-state index contributed by atoms with van der Waals surface area (Å²) in [6.07, 6.45) is 0. The zero-order valence-electron chi connectivity index (χ0n) is 11.7. The molecule has 0 atom stereocenters. The fourth-order valence-corrected chi connectivity index (χ4v) is 1.87. The molecule has 21 heavy (non-hydrogen) atoms. The third-order valence-electron chi connectivity index (χ3n) is 3.14. The van der Waals surface area contributed by atoms with E-state index in [1.54, 1.807) is 50.6 Å². The van der Waals surface area contributed by atoms with E-state index in [2.05, 4.69) is 0 Å². The maximum atomic E-state index is 12.3. The van der Waals surface area contributed by atoms with Crippen LogP contribution in [-0.2, 0) is 0 Å². The summed E-state index contributed by atoms with van der Waals surface area (Å²) in [5, 5.41) is 8.86. The predicted octanol–water partition coefficient (Wildman–Crippen LogP) is 2.67. The molecule has 5 nitrogen and oxygen atoms in total. The normalized spacial score (nSPS) is 10.0. The van der Waals surface area contributed by atoms with E-state index in [0.717, 1.165) is 0 Å². The quantitative estimate of drug-likeness (QED) is 0.937. The first kappa shape index (κ1) is 14.6. The number of carbonyl (C=O) groups excluding carboxylic acids is 1. The number of hydrogen-bond acceptors (Lipinski definition) is 3. The highest BCUT2D eigenvalue weighted by atomic mass is 16.5. The molecular formula is C16H15NO4. The lowest BCUT2D eigenvalue weighted by Gasteiger charge is -2.17. The third-order valence-corrected chi connectivity index (χ3v) is 3.14. The van der Waals surface area contributed by atoms with Gasteiger partial charge in [0.25, 0.3) is 5.91 Å². The molecule has 0 saturated carbocycles. The monoisotopic (exact) mass is 285 g/mol. The number of nitrogens with zero attached hydrogens (tertiary/aromatic N) is 1. The van der Waals surface area contributed by atoms with Gasteiger partial charge in [0.05, 0.1) is 12.7 Å². The van der Waals surface area contributed by atoms with E-state index < -0.39 is 5.97 Å². The highest BCUT2D eigenvalue weighted by molar-refractivity contribution is 6.06. The number of anilines is 1. The molecule has 0 aliphatic heterocycles. The topological polar surface area (TPSA) is 66.8 Å². The first-order chi connectivity index (χ1) is 10.0. The largest absolute Gasteiger partial charge is 0.497 e. The maximum Gasteiger partial charge on any atom is 0.335 e. The van der Waals surface area contributed by atoms with Gasteiger partial charge >= 0.3 is 5.97 Å². The summed E-state index contributed by atoms with van der Waals surface area (Å²) in [7, 11) is 3.20. The van der Waals surface area contributed by atoms with E-state index in [0.29, 0.717) is 17.0 Å². The Hall–Kier alpha value is -2.82. The van der Waals surface area contributed by atoms with E-state index in [1.807, 2.05) is 0 Å². The molecule has 0 unspecified atom stereocenters. The highest BCUT2D eigenvalue weighted by Crippen LogP contribution is 2.18. The van der Waals surface area contributed by atoms with Crippen molar-refractivity contribution in [3.8, 4) is 5.75 Å². The number of methoxy groups -OCH3 is 1. The number of carboxylic acids is 1. The van der Waals surface area contributed by atoms with Crippen LogP contribution in [0.5, 0.6) is 5.75 Å². The second-order valence-electron chi connectivity index (χ2n) is 4.44. The fourth-order valence-electron chi connectivity index (χ4n) is 1.87. The van der Waals surface area contributed by atoms with Crippen molar-refractivity contribution in [2.45, 2.75) is 0 Å². The van der Waals surface area contributed by atoms with E-state index >= 15 is 0 Å². The van der Waals surface area contributed by atoms with Crippen LogP contribution in [0.3, 0.4) is 0 Å². The number of ether oxygens (including phenoxy) is 1. The number of rotatable bonds is 4. The Morgan fingerprint density at radius 2 is 1.48 bits per heavy atom. The van der Waals surface area contributed by atoms with Gasteiger partial charge in [0.2, 0.25) is 0 Å². The molecule has 0 bridgehead atoms. The molecule has 0 spiro atoms. The summed E-state index contributed by atoms with van der Waals surface area (Å²) in [5.41, 5.74) is 1.34. The van der Waals surface area contributed by atoms with Crippen LogP contribution >= 0.6 is 0 Å². The fraction of sp³-hybridized carbons (Fsp3) is 0.125. The number of aromatic carboxylic acids is 1. The van der Waals surface area contributed by atoms with Crippen LogP contribution in [-0.4, -0.2) is 31.1 Å². The van der Waals surface area contributed by atoms with Gasteiger partial charge in [-0.05, 0) is 48.5 Å². The molecule has 1 amide bonds. The van der Waals surface area contributed by atoms with Crippen LogP contribution in [0.1, 0.15) is 20.7 Å². The number of hydrogen-bond donors (Lipinski definition) is 1. The van der Waals surface area contributed by atoms with Crippen molar-refractivity contribution < 1.29 is 19.4 Å². The van der Waals surface area contributed by atoms with Crippen molar-refractivity contribution in [3.05, 3.63) is 59.7 Å². The Morgan fingerprint density at radius 3 is 1.95 bits per heavy atom. The summed E-state index contributed by atoms with van der Waals surface area (Å²) in [6, 6.07) is 12.9. The predicted molar refractivity (Wildman–Crippen MR) is 79.1 cm³/mol. The average molecular weight is 285 g/mol. The molecule has 108 valence electrons. The zero-order chi connectivity index (χ0) is 15.4. The van der Waals surface area contributed by atoms with E-state index in [1.165, 1.54) is 17.0 Å². The summed E-state index contributed by atoms with van der Waals surface area (Å²) in [5.74, 6) is -0.494. The number of carboxylic acid groups (broad SMARTS) is 1. The van der Waals surface area contributed by atoms with Crippen molar-refractivity contribution >= 4 is 17.6 Å². The molecule has 1 N–H and O–H groups in total. The van der Waals surface area contributed by atoms with Crippen molar-refractivity contribution in [3.63, 3.8) is 0 Å². The lowest BCUT2D eigenvalue weighted by atomic mass is 10.1. The highest BCUT2D eigenvalue weighted by Gasteiger charge is 2.14. The van der Waals surface area contributed by atoms with Crippen LogP contribution in [0.15, 0.2) is 48.5 Å². The van der Waals surface area contributed by atoms with Crippen LogP contribution in [0, 0.1) is 0 Å². The van der Waals surface area contributed by atoms with Gasteiger partial charge in [0.15, 0.2) is 0 Å². The summed E-state index contributed by atoms with van der Waals surface area (Å²) < 4.78 is 5.05. The summed E-state index contributed by atoms with van der Waals surface area (Å²) in [4.78, 5) is 24.6. The van der Waals surface area contributed by atoms with Gasteiger partial charge in [-0.25, -0.2) is 4.79 Å². The van der Waals surface area contributed by atoms with E-state index in [9.17, 15) is 9.59 Å². The average Bonchev–Trinajstić information content (AvgIpc) is 2.53. The summed E-state index contributed by atoms with van der Waals surface area (Å²) >= 11 is 0. The molecule has 0 radical (unpaired) electrons. The van der Waals surface area contributed by atoms with Gasteiger partial charge in [-0.1, -0.05) is 0 Å². The minimum atomic E-state index is -0.995. The molecule has 2 aromatic carbocycles. The first-order valence-electron chi connectivity index (χ1n) is 6.28. The number of amides is 1. The Kier molecular flexibility index (Phi) is 4.23. The standard InChI is InChI=1S/C16H15NO4/c1-17(13-7-3-12(4-8-13)16(19)20)15(18)11-5-9-14(21-2)10-6-11/h3-10H,1-2H3,(H,19,20). The van der Waals surface area contributed by atoms with Crippen LogP contribution in [0.4, 0.5) is 5.69 Å². The zero-order valence-corrected chi connectivity index (χ0v) is 11.7. The van der Waals surface area contributed by atoms with Crippen LogP contribution in [0.25, 0.3) is 0 Å². The van der Waals surface area contributed by atoms with Gasteiger partial charge in [-0.3, -0.25) is 4.79 Å². The van der Waals surface area contributed by atoms with Gasteiger partial charge < -0.3 is 14.7 Å². The lowest BCUT2D eigenvalue weighted by Crippen LogP contribution is -2.26. The van der Waals surface area contributed by atoms with Crippen molar-refractivity contribution in [1.29, 1.82) is 0 Å². The van der Waals surface area contributed by atoms with Gasteiger partial charge in [-0.2, -0.15) is 0 Å². The number of benzene rings is 2.